The van der Waals surface area contributed by atoms with E-state index in [0.29, 0.717) is 35.0 Å². The Hall–Kier alpha value is -3.26. The number of carbonyl (C=O) groups is 2. The molecule has 29 heavy (non-hydrogen) atoms. The summed E-state index contributed by atoms with van der Waals surface area (Å²) in [6.07, 6.45) is 2.00. The largest absolute Gasteiger partial charge is 0.494 e. The molecule has 0 aliphatic carbocycles. The second kappa shape index (κ2) is 9.79. The fourth-order valence-corrected chi connectivity index (χ4v) is 3.42. The average Bonchev–Trinajstić information content (AvgIpc) is 3.15. The first kappa shape index (κ1) is 20.5. The smallest absolute Gasteiger partial charge is 0.251 e. The van der Waals surface area contributed by atoms with E-state index in [1.807, 2.05) is 6.92 Å². The van der Waals surface area contributed by atoms with Gasteiger partial charge in [-0.2, -0.15) is 0 Å². The Labute approximate surface area is 171 Å². The minimum absolute atomic E-state index is 0.186. The van der Waals surface area contributed by atoms with Crippen molar-refractivity contribution in [2.24, 2.45) is 0 Å². The van der Waals surface area contributed by atoms with Crippen LogP contribution in [0.1, 0.15) is 27.7 Å². The van der Waals surface area contributed by atoms with Crippen LogP contribution in [0, 0.1) is 5.82 Å². The Morgan fingerprint density at radius 1 is 1.14 bits per heavy atom. The fourth-order valence-electron chi connectivity index (χ4n) is 2.57. The second-order valence-corrected chi connectivity index (χ2v) is 7.20. The molecule has 0 spiro atoms. The van der Waals surface area contributed by atoms with Crippen molar-refractivity contribution in [3.05, 3.63) is 76.5 Å². The first-order chi connectivity index (χ1) is 14.0. The van der Waals surface area contributed by atoms with Crippen LogP contribution in [-0.4, -0.2) is 29.9 Å². The minimum Gasteiger partial charge on any atom is -0.494 e. The molecule has 1 heterocycles. The van der Waals surface area contributed by atoms with Crippen LogP contribution < -0.4 is 15.4 Å². The molecule has 2 N–H and O–H groups in total. The molecule has 2 amide bonds. The molecule has 150 valence electrons. The van der Waals surface area contributed by atoms with Gasteiger partial charge in [0, 0.05) is 23.1 Å². The zero-order valence-corrected chi connectivity index (χ0v) is 16.6. The van der Waals surface area contributed by atoms with Gasteiger partial charge in [0.25, 0.3) is 5.91 Å². The van der Waals surface area contributed by atoms with Gasteiger partial charge in [0.05, 0.1) is 13.2 Å². The molecular formula is C21H20FN3O3S. The molecule has 3 aromatic rings. The molecule has 0 aliphatic heterocycles. The topological polar surface area (TPSA) is 80.3 Å². The fraction of sp³-hybridized carbons (Fsp3) is 0.190. The lowest BCUT2D eigenvalue weighted by molar-refractivity contribution is -0.115. The summed E-state index contributed by atoms with van der Waals surface area (Å²) >= 11 is 1.27. The summed E-state index contributed by atoms with van der Waals surface area (Å²) in [5.74, 6) is -0.348. The highest BCUT2D eigenvalue weighted by Crippen LogP contribution is 2.22. The van der Waals surface area contributed by atoms with E-state index in [1.54, 1.807) is 48.7 Å². The summed E-state index contributed by atoms with van der Waals surface area (Å²) < 4.78 is 19.1. The van der Waals surface area contributed by atoms with E-state index in [-0.39, 0.29) is 18.3 Å². The second-order valence-electron chi connectivity index (χ2n) is 6.09. The molecule has 1 aromatic heterocycles. The normalized spacial score (nSPS) is 10.4. The van der Waals surface area contributed by atoms with E-state index in [2.05, 4.69) is 15.6 Å². The molecule has 0 saturated heterocycles. The van der Waals surface area contributed by atoms with Crippen LogP contribution in [0.25, 0.3) is 0 Å². The molecular weight excluding hydrogens is 393 g/mol. The number of hydrogen-bond donors (Lipinski definition) is 2. The first-order valence-corrected chi connectivity index (χ1v) is 9.86. The van der Waals surface area contributed by atoms with Crippen molar-refractivity contribution in [3.63, 3.8) is 0 Å². The third-order valence-electron chi connectivity index (χ3n) is 3.96. The predicted octanol–water partition coefficient (Wildman–Crippen LogP) is 3.64. The first-order valence-electron chi connectivity index (χ1n) is 9.04. The van der Waals surface area contributed by atoms with Gasteiger partial charge in [0.2, 0.25) is 5.91 Å². The van der Waals surface area contributed by atoms with Crippen LogP contribution in [0.3, 0.4) is 0 Å². The Balaban J connectivity index is 1.49. The summed E-state index contributed by atoms with van der Waals surface area (Å²) in [6.45, 7) is 2.24. The van der Waals surface area contributed by atoms with E-state index >= 15 is 0 Å². The van der Waals surface area contributed by atoms with Gasteiger partial charge < -0.3 is 15.4 Å². The van der Waals surface area contributed by atoms with Gasteiger partial charge in [-0.25, -0.2) is 9.37 Å². The van der Waals surface area contributed by atoms with E-state index in [4.69, 9.17) is 4.74 Å². The summed E-state index contributed by atoms with van der Waals surface area (Å²) in [7, 11) is 0. The lowest BCUT2D eigenvalue weighted by atomic mass is 10.1. The van der Waals surface area contributed by atoms with Crippen LogP contribution in [-0.2, 0) is 11.2 Å². The molecule has 2 aromatic carbocycles. The van der Waals surface area contributed by atoms with Crippen molar-refractivity contribution >= 4 is 28.3 Å². The highest BCUT2D eigenvalue weighted by atomic mass is 32.1. The molecule has 0 radical (unpaired) electrons. The molecule has 3 rings (SSSR count). The lowest BCUT2D eigenvalue weighted by Crippen LogP contribution is -2.32. The van der Waals surface area contributed by atoms with Crippen LogP contribution in [0.5, 0.6) is 5.75 Å². The van der Waals surface area contributed by atoms with Gasteiger partial charge in [-0.05, 0) is 42.8 Å². The molecule has 0 unspecified atom stereocenters. The zero-order valence-electron chi connectivity index (χ0n) is 15.8. The number of halogens is 1. The number of nitrogens with zero attached hydrogens (tertiary/aromatic N) is 1. The third kappa shape index (κ3) is 5.86. The van der Waals surface area contributed by atoms with Gasteiger partial charge in [-0.3, -0.25) is 9.59 Å². The number of amides is 2. The van der Waals surface area contributed by atoms with Gasteiger partial charge in [0.1, 0.15) is 11.6 Å². The van der Waals surface area contributed by atoms with Crippen LogP contribution in [0.2, 0.25) is 0 Å². The number of aromatic nitrogens is 1. The van der Waals surface area contributed by atoms with E-state index in [9.17, 15) is 14.0 Å². The maximum absolute atomic E-state index is 13.7. The zero-order chi connectivity index (χ0) is 20.6. The van der Waals surface area contributed by atoms with Crippen LogP contribution in [0.4, 0.5) is 9.52 Å². The highest BCUT2D eigenvalue weighted by Gasteiger charge is 2.11. The maximum Gasteiger partial charge on any atom is 0.251 e. The third-order valence-corrected chi connectivity index (χ3v) is 4.87. The van der Waals surface area contributed by atoms with Crippen molar-refractivity contribution in [3.8, 4) is 5.75 Å². The summed E-state index contributed by atoms with van der Waals surface area (Å²) in [6, 6.07) is 13.2. The van der Waals surface area contributed by atoms with E-state index in [1.165, 1.54) is 17.4 Å². The Morgan fingerprint density at radius 2 is 1.90 bits per heavy atom. The van der Waals surface area contributed by atoms with E-state index < -0.39 is 5.91 Å². The Kier molecular flexibility index (Phi) is 6.91. The summed E-state index contributed by atoms with van der Waals surface area (Å²) in [5.41, 5.74) is 0.999. The standard InChI is InChI=1S/C21H20FN3O3S/c1-2-28-16-9-7-14(8-10-16)20(27)23-13-19(26)25-21-24-12-17(29-21)11-15-5-3-4-6-18(15)22/h3-10,12H,2,11,13H2,1H3,(H,23,27)(H,24,25,26). The Bertz CT molecular complexity index is 989. The molecule has 0 atom stereocenters. The number of anilines is 1. The number of thiazole rings is 1. The highest BCUT2D eigenvalue weighted by molar-refractivity contribution is 7.15. The lowest BCUT2D eigenvalue weighted by Gasteiger charge is -2.06. The van der Waals surface area contributed by atoms with Gasteiger partial charge in [-0.1, -0.05) is 18.2 Å². The quantitative estimate of drug-likeness (QED) is 0.591. The minimum atomic E-state index is -0.393. The van der Waals surface area contributed by atoms with Crippen LogP contribution >= 0.6 is 11.3 Å². The predicted molar refractivity (Wildman–Crippen MR) is 110 cm³/mol. The maximum atomic E-state index is 13.7. The number of nitrogens with one attached hydrogen (secondary N) is 2. The molecule has 0 aliphatic rings. The molecule has 0 fully saturated rings. The van der Waals surface area contributed by atoms with Gasteiger partial charge in [-0.15, -0.1) is 11.3 Å². The van der Waals surface area contributed by atoms with Crippen molar-refractivity contribution in [1.29, 1.82) is 0 Å². The summed E-state index contributed by atoms with van der Waals surface area (Å²) in [4.78, 5) is 29.2. The number of hydrogen-bond acceptors (Lipinski definition) is 5. The van der Waals surface area contributed by atoms with Gasteiger partial charge in [0.15, 0.2) is 5.13 Å². The molecule has 0 bridgehead atoms. The molecule has 8 heteroatoms. The number of ether oxygens (including phenoxy) is 1. The summed E-state index contributed by atoms with van der Waals surface area (Å²) in [5, 5.41) is 5.60. The number of rotatable bonds is 8. The average molecular weight is 413 g/mol. The van der Waals surface area contributed by atoms with Crippen molar-refractivity contribution < 1.29 is 18.7 Å². The molecule has 6 nitrogen and oxygen atoms in total. The SMILES string of the molecule is CCOc1ccc(C(=O)NCC(=O)Nc2ncc(Cc3ccccc3F)s2)cc1. The van der Waals surface area contributed by atoms with E-state index in [0.717, 1.165) is 4.88 Å². The van der Waals surface area contributed by atoms with Crippen molar-refractivity contribution in [2.45, 2.75) is 13.3 Å². The van der Waals surface area contributed by atoms with Crippen LogP contribution in [0.15, 0.2) is 54.7 Å². The van der Waals surface area contributed by atoms with Crippen molar-refractivity contribution in [2.75, 3.05) is 18.5 Å². The number of benzene rings is 2. The Morgan fingerprint density at radius 3 is 2.62 bits per heavy atom. The van der Waals surface area contributed by atoms with Gasteiger partial charge >= 0.3 is 0 Å². The molecule has 0 saturated carbocycles. The number of carbonyl (C=O) groups excluding carboxylic acids is 2. The van der Waals surface area contributed by atoms with Crippen molar-refractivity contribution in [1.82, 2.24) is 10.3 Å². The monoisotopic (exact) mass is 413 g/mol.